The van der Waals surface area contributed by atoms with Crippen molar-refractivity contribution in [1.82, 2.24) is 4.98 Å². The van der Waals surface area contributed by atoms with Gasteiger partial charge in [-0.3, -0.25) is 4.79 Å². The molecule has 0 bridgehead atoms. The second-order valence-electron chi connectivity index (χ2n) is 4.67. The monoisotopic (exact) mass is 350 g/mol. The van der Waals surface area contributed by atoms with Crippen molar-refractivity contribution in [3.05, 3.63) is 53.2 Å². The molecule has 120 valence electrons. The summed E-state index contributed by atoms with van der Waals surface area (Å²) in [6.07, 6.45) is 2.29. The van der Waals surface area contributed by atoms with Crippen LogP contribution in [0.2, 0.25) is 5.02 Å². The summed E-state index contributed by atoms with van der Waals surface area (Å²) in [6, 6.07) is 9.88. The van der Waals surface area contributed by atoms with Crippen LogP contribution >= 0.6 is 23.4 Å². The number of carboxylic acid groups (broad SMARTS) is 1. The van der Waals surface area contributed by atoms with Gasteiger partial charge in [0.05, 0.1) is 20.9 Å². The van der Waals surface area contributed by atoms with E-state index in [1.807, 2.05) is 25.1 Å². The van der Waals surface area contributed by atoms with Gasteiger partial charge in [0.25, 0.3) is 0 Å². The number of anilines is 1. The van der Waals surface area contributed by atoms with Crippen molar-refractivity contribution >= 4 is 40.9 Å². The van der Waals surface area contributed by atoms with Gasteiger partial charge in [-0.05, 0) is 36.8 Å². The molecule has 0 saturated heterocycles. The molecule has 5 nitrogen and oxygen atoms in total. The van der Waals surface area contributed by atoms with E-state index in [-0.39, 0.29) is 21.7 Å². The number of nitrogens with zero attached hydrogens (tertiary/aromatic N) is 1. The minimum atomic E-state index is -1.14. The lowest BCUT2D eigenvalue weighted by atomic mass is 10.2. The van der Waals surface area contributed by atoms with Gasteiger partial charge in [-0.15, -0.1) is 0 Å². The van der Waals surface area contributed by atoms with Crippen molar-refractivity contribution in [3.8, 4) is 0 Å². The number of amides is 1. The quantitative estimate of drug-likeness (QED) is 0.771. The van der Waals surface area contributed by atoms with Gasteiger partial charge in [-0.25, -0.2) is 9.78 Å². The van der Waals surface area contributed by atoms with Crippen LogP contribution < -0.4 is 5.32 Å². The SMILES string of the molecule is CCC(Sc1ccccn1)C(=O)Nc1ccc(Cl)c(C(=O)O)c1. The Bertz CT molecular complexity index is 710. The fraction of sp³-hybridized carbons (Fsp3) is 0.188. The maximum absolute atomic E-state index is 12.4. The molecule has 0 aliphatic heterocycles. The van der Waals surface area contributed by atoms with Crippen LogP contribution in [-0.4, -0.2) is 27.2 Å². The molecule has 1 amide bonds. The van der Waals surface area contributed by atoms with Gasteiger partial charge < -0.3 is 10.4 Å². The smallest absolute Gasteiger partial charge is 0.337 e. The fourth-order valence-corrected chi connectivity index (χ4v) is 2.98. The van der Waals surface area contributed by atoms with Crippen LogP contribution in [-0.2, 0) is 4.79 Å². The van der Waals surface area contributed by atoms with E-state index in [0.29, 0.717) is 12.1 Å². The molecule has 0 aliphatic rings. The second kappa shape index (κ2) is 7.99. The van der Waals surface area contributed by atoms with Crippen molar-refractivity contribution in [1.29, 1.82) is 0 Å². The Morgan fingerprint density at radius 3 is 2.74 bits per heavy atom. The number of pyridine rings is 1. The zero-order chi connectivity index (χ0) is 16.8. The second-order valence-corrected chi connectivity index (χ2v) is 6.30. The minimum absolute atomic E-state index is 0.0464. The normalized spacial score (nSPS) is 11.7. The number of aromatic carboxylic acids is 1. The average molecular weight is 351 g/mol. The van der Waals surface area contributed by atoms with Crippen molar-refractivity contribution in [2.45, 2.75) is 23.6 Å². The lowest BCUT2D eigenvalue weighted by Crippen LogP contribution is -2.24. The highest BCUT2D eigenvalue weighted by molar-refractivity contribution is 8.00. The summed E-state index contributed by atoms with van der Waals surface area (Å²) in [5, 5.41) is 12.4. The number of aromatic nitrogens is 1. The van der Waals surface area contributed by atoms with Crippen molar-refractivity contribution in [3.63, 3.8) is 0 Å². The van der Waals surface area contributed by atoms with E-state index in [9.17, 15) is 9.59 Å². The predicted molar refractivity (Wildman–Crippen MR) is 91.2 cm³/mol. The minimum Gasteiger partial charge on any atom is -0.478 e. The zero-order valence-electron chi connectivity index (χ0n) is 12.3. The van der Waals surface area contributed by atoms with E-state index in [1.54, 1.807) is 12.3 Å². The summed E-state index contributed by atoms with van der Waals surface area (Å²) < 4.78 is 0. The first-order valence-corrected chi connectivity index (χ1v) is 8.18. The first-order valence-electron chi connectivity index (χ1n) is 6.92. The first-order chi connectivity index (χ1) is 11.0. The lowest BCUT2D eigenvalue weighted by molar-refractivity contribution is -0.115. The highest BCUT2D eigenvalue weighted by atomic mass is 35.5. The standard InChI is InChI=1S/C16H15ClN2O3S/c1-2-13(23-14-5-3-4-8-18-14)15(20)19-10-6-7-12(17)11(9-10)16(21)22/h3-9,13H,2H2,1H3,(H,19,20)(H,21,22). The number of benzene rings is 1. The van der Waals surface area contributed by atoms with E-state index < -0.39 is 5.97 Å². The molecule has 1 aromatic carbocycles. The van der Waals surface area contributed by atoms with Crippen LogP contribution in [0.4, 0.5) is 5.69 Å². The number of nitrogens with one attached hydrogen (secondary N) is 1. The molecule has 1 atom stereocenters. The highest BCUT2D eigenvalue weighted by Gasteiger charge is 2.19. The molecule has 23 heavy (non-hydrogen) atoms. The maximum Gasteiger partial charge on any atom is 0.337 e. The van der Waals surface area contributed by atoms with Gasteiger partial charge >= 0.3 is 5.97 Å². The van der Waals surface area contributed by atoms with Crippen LogP contribution in [0.1, 0.15) is 23.7 Å². The van der Waals surface area contributed by atoms with Gasteiger partial charge in [-0.2, -0.15) is 0 Å². The number of hydrogen-bond donors (Lipinski definition) is 2. The first kappa shape index (κ1) is 17.3. The van der Waals surface area contributed by atoms with Gasteiger partial charge in [0.1, 0.15) is 0 Å². The van der Waals surface area contributed by atoms with E-state index >= 15 is 0 Å². The fourth-order valence-electron chi connectivity index (χ4n) is 1.87. The third-order valence-electron chi connectivity index (χ3n) is 3.03. The van der Waals surface area contributed by atoms with Crippen LogP contribution in [0.5, 0.6) is 0 Å². The largest absolute Gasteiger partial charge is 0.478 e. The van der Waals surface area contributed by atoms with Crippen molar-refractivity contribution in [2.24, 2.45) is 0 Å². The molecule has 2 N–H and O–H groups in total. The Labute approximate surface area is 143 Å². The highest BCUT2D eigenvalue weighted by Crippen LogP contribution is 2.26. The third-order valence-corrected chi connectivity index (χ3v) is 4.67. The number of carboxylic acids is 1. The molecule has 1 heterocycles. The third kappa shape index (κ3) is 4.71. The van der Waals surface area contributed by atoms with Gasteiger partial charge in [0.2, 0.25) is 5.91 Å². The van der Waals surface area contributed by atoms with Gasteiger partial charge in [0.15, 0.2) is 0 Å². The lowest BCUT2D eigenvalue weighted by Gasteiger charge is -2.14. The molecule has 0 aliphatic carbocycles. The Morgan fingerprint density at radius 1 is 1.35 bits per heavy atom. The average Bonchev–Trinajstić information content (AvgIpc) is 2.55. The number of rotatable bonds is 6. The Kier molecular flexibility index (Phi) is 6.01. The molecule has 1 unspecified atom stereocenters. The molecule has 2 aromatic rings. The number of carbonyl (C=O) groups excluding carboxylic acids is 1. The number of thioether (sulfide) groups is 1. The summed E-state index contributed by atoms with van der Waals surface area (Å²) in [5.74, 6) is -1.34. The topological polar surface area (TPSA) is 79.3 Å². The predicted octanol–water partition coefficient (Wildman–Crippen LogP) is 3.94. The molecular formula is C16H15ClN2O3S. The van der Waals surface area contributed by atoms with Crippen LogP contribution in [0, 0.1) is 0 Å². The summed E-state index contributed by atoms with van der Waals surface area (Å²) in [5.41, 5.74) is 0.353. The Balaban J connectivity index is 2.10. The van der Waals surface area contributed by atoms with Crippen LogP contribution in [0.25, 0.3) is 0 Å². The molecular weight excluding hydrogens is 336 g/mol. The molecule has 0 spiro atoms. The molecule has 0 fully saturated rings. The molecule has 0 radical (unpaired) electrons. The Morgan fingerprint density at radius 2 is 2.13 bits per heavy atom. The molecule has 1 aromatic heterocycles. The number of carbonyl (C=O) groups is 2. The summed E-state index contributed by atoms with van der Waals surface area (Å²) in [4.78, 5) is 27.6. The molecule has 7 heteroatoms. The van der Waals surface area contributed by atoms with E-state index in [1.165, 1.54) is 23.9 Å². The van der Waals surface area contributed by atoms with Crippen LogP contribution in [0.15, 0.2) is 47.6 Å². The molecule has 2 rings (SSSR count). The number of halogens is 1. The van der Waals surface area contributed by atoms with E-state index in [0.717, 1.165) is 5.03 Å². The summed E-state index contributed by atoms with van der Waals surface area (Å²) in [7, 11) is 0. The number of hydrogen-bond acceptors (Lipinski definition) is 4. The van der Waals surface area contributed by atoms with Crippen molar-refractivity contribution < 1.29 is 14.7 Å². The van der Waals surface area contributed by atoms with Gasteiger partial charge in [-0.1, -0.05) is 36.4 Å². The van der Waals surface area contributed by atoms with Gasteiger partial charge in [0, 0.05) is 11.9 Å². The zero-order valence-corrected chi connectivity index (χ0v) is 13.9. The summed E-state index contributed by atoms with van der Waals surface area (Å²) in [6.45, 7) is 1.91. The molecule has 0 saturated carbocycles. The van der Waals surface area contributed by atoms with Crippen molar-refractivity contribution in [2.75, 3.05) is 5.32 Å². The van der Waals surface area contributed by atoms with E-state index in [4.69, 9.17) is 16.7 Å². The Hall–Kier alpha value is -2.05. The summed E-state index contributed by atoms with van der Waals surface area (Å²) >= 11 is 7.18. The van der Waals surface area contributed by atoms with E-state index in [2.05, 4.69) is 10.3 Å². The maximum atomic E-state index is 12.4. The van der Waals surface area contributed by atoms with Crippen LogP contribution in [0.3, 0.4) is 0 Å².